The SMILES string of the molecule is COCCCn1c(O)c(C(=O)C=Cc2c[nH]c3ccccc23)c(=O)[nH]c1=O. The fourth-order valence-electron chi connectivity index (χ4n) is 2.84. The second-order valence-corrected chi connectivity index (χ2v) is 5.94. The molecular formula is C19H19N3O5. The van der Waals surface area contributed by atoms with Crippen LogP contribution in [0.25, 0.3) is 17.0 Å². The number of ketones is 1. The summed E-state index contributed by atoms with van der Waals surface area (Å²) in [6.45, 7) is 0.483. The van der Waals surface area contributed by atoms with Gasteiger partial charge in [-0.05, 0) is 30.2 Å². The molecule has 3 aromatic rings. The number of hydrogen-bond acceptors (Lipinski definition) is 5. The molecule has 1 aromatic carbocycles. The van der Waals surface area contributed by atoms with E-state index in [4.69, 9.17) is 4.74 Å². The van der Waals surface area contributed by atoms with E-state index >= 15 is 0 Å². The molecule has 0 saturated heterocycles. The average molecular weight is 369 g/mol. The average Bonchev–Trinajstić information content (AvgIpc) is 3.06. The Bertz CT molecular complexity index is 1120. The van der Waals surface area contributed by atoms with Crippen LogP contribution in [-0.2, 0) is 11.3 Å². The van der Waals surface area contributed by atoms with Gasteiger partial charge in [-0.1, -0.05) is 18.2 Å². The minimum Gasteiger partial charge on any atom is -0.494 e. The molecule has 0 atom stereocenters. The molecule has 0 spiro atoms. The Morgan fingerprint density at radius 1 is 1.30 bits per heavy atom. The van der Waals surface area contributed by atoms with E-state index in [0.29, 0.717) is 13.0 Å². The fraction of sp³-hybridized carbons (Fsp3) is 0.211. The summed E-state index contributed by atoms with van der Waals surface area (Å²) in [7, 11) is 1.51. The summed E-state index contributed by atoms with van der Waals surface area (Å²) in [5.74, 6) is -1.34. The van der Waals surface area contributed by atoms with Gasteiger partial charge in [0, 0.05) is 37.4 Å². The van der Waals surface area contributed by atoms with Crippen LogP contribution in [0.2, 0.25) is 0 Å². The third-order valence-electron chi connectivity index (χ3n) is 4.18. The van der Waals surface area contributed by atoms with Gasteiger partial charge in [-0.3, -0.25) is 19.1 Å². The summed E-state index contributed by atoms with van der Waals surface area (Å²) in [5.41, 5.74) is -0.483. The zero-order valence-electron chi connectivity index (χ0n) is 14.7. The predicted octanol–water partition coefficient (Wildman–Crippen LogP) is 1.66. The third-order valence-corrected chi connectivity index (χ3v) is 4.18. The summed E-state index contributed by atoms with van der Waals surface area (Å²) in [4.78, 5) is 41.6. The number of ether oxygens (including phenoxy) is 1. The molecule has 2 aromatic heterocycles. The molecule has 0 aliphatic carbocycles. The van der Waals surface area contributed by atoms with E-state index < -0.39 is 28.5 Å². The number of H-pyrrole nitrogens is 2. The molecule has 140 valence electrons. The maximum Gasteiger partial charge on any atom is 0.331 e. The quantitative estimate of drug-likeness (QED) is 0.333. The van der Waals surface area contributed by atoms with E-state index in [1.807, 2.05) is 24.3 Å². The number of aromatic amines is 2. The molecule has 3 rings (SSSR count). The molecule has 8 heteroatoms. The van der Waals surface area contributed by atoms with E-state index in [0.717, 1.165) is 21.0 Å². The fourth-order valence-corrected chi connectivity index (χ4v) is 2.84. The molecule has 0 radical (unpaired) electrons. The first kappa shape index (κ1) is 18.4. The smallest absolute Gasteiger partial charge is 0.331 e. The van der Waals surface area contributed by atoms with Gasteiger partial charge in [0.15, 0.2) is 5.78 Å². The number of allylic oxidation sites excluding steroid dienone is 1. The lowest BCUT2D eigenvalue weighted by molar-refractivity contribution is 0.104. The lowest BCUT2D eigenvalue weighted by Gasteiger charge is -2.09. The predicted molar refractivity (Wildman–Crippen MR) is 101 cm³/mol. The summed E-state index contributed by atoms with van der Waals surface area (Å²) in [6.07, 6.45) is 4.93. The van der Waals surface area contributed by atoms with Crippen LogP contribution in [0.1, 0.15) is 22.3 Å². The molecule has 0 unspecified atom stereocenters. The maximum atomic E-state index is 12.5. The number of benzene rings is 1. The van der Waals surface area contributed by atoms with Crippen LogP contribution in [0.5, 0.6) is 5.88 Å². The molecule has 0 fully saturated rings. The normalized spacial score (nSPS) is 11.4. The van der Waals surface area contributed by atoms with Gasteiger partial charge in [0.05, 0.1) is 0 Å². The number of rotatable bonds is 7. The number of carbonyl (C=O) groups excluding carboxylic acids is 1. The van der Waals surface area contributed by atoms with Crippen molar-refractivity contribution in [2.75, 3.05) is 13.7 Å². The Hall–Kier alpha value is -3.39. The van der Waals surface area contributed by atoms with Gasteiger partial charge in [-0.15, -0.1) is 0 Å². The minimum atomic E-state index is -0.922. The molecule has 0 saturated carbocycles. The molecule has 3 N–H and O–H groups in total. The molecule has 27 heavy (non-hydrogen) atoms. The van der Waals surface area contributed by atoms with Crippen LogP contribution in [0, 0.1) is 0 Å². The Balaban J connectivity index is 1.93. The monoisotopic (exact) mass is 369 g/mol. The highest BCUT2D eigenvalue weighted by Crippen LogP contribution is 2.19. The van der Waals surface area contributed by atoms with E-state index in [1.54, 1.807) is 12.3 Å². The Morgan fingerprint density at radius 3 is 2.85 bits per heavy atom. The number of methoxy groups -OCH3 is 1. The van der Waals surface area contributed by atoms with Gasteiger partial charge >= 0.3 is 5.69 Å². The van der Waals surface area contributed by atoms with Crippen LogP contribution in [0.3, 0.4) is 0 Å². The van der Waals surface area contributed by atoms with Crippen molar-refractivity contribution in [2.24, 2.45) is 0 Å². The molecular weight excluding hydrogens is 350 g/mol. The van der Waals surface area contributed by atoms with E-state index in [9.17, 15) is 19.5 Å². The standard InChI is InChI=1S/C19H19N3O5/c1-27-10-4-9-22-18(25)16(17(24)21-19(22)26)15(23)8-7-12-11-20-14-6-3-2-5-13(12)14/h2-3,5-8,11,20,25H,4,9-10H2,1H3,(H,21,24,26). The summed E-state index contributed by atoms with van der Waals surface area (Å²) >= 11 is 0. The van der Waals surface area contributed by atoms with Crippen LogP contribution in [-0.4, -0.2) is 39.1 Å². The van der Waals surface area contributed by atoms with E-state index in [1.165, 1.54) is 13.2 Å². The van der Waals surface area contributed by atoms with Crippen molar-refractivity contribution in [2.45, 2.75) is 13.0 Å². The van der Waals surface area contributed by atoms with Crippen LogP contribution >= 0.6 is 0 Å². The first-order chi connectivity index (χ1) is 13.0. The first-order valence-corrected chi connectivity index (χ1v) is 8.36. The van der Waals surface area contributed by atoms with Crippen LogP contribution < -0.4 is 11.2 Å². The molecule has 0 aliphatic rings. The zero-order valence-corrected chi connectivity index (χ0v) is 14.7. The third kappa shape index (κ3) is 3.75. The van der Waals surface area contributed by atoms with Crippen LogP contribution in [0.4, 0.5) is 0 Å². The van der Waals surface area contributed by atoms with Crippen molar-refractivity contribution in [1.82, 2.24) is 14.5 Å². The number of para-hydroxylation sites is 1. The Labute approximate surface area is 153 Å². The molecule has 2 heterocycles. The second-order valence-electron chi connectivity index (χ2n) is 5.94. The topological polar surface area (TPSA) is 117 Å². The van der Waals surface area contributed by atoms with Crippen molar-refractivity contribution in [1.29, 1.82) is 0 Å². The summed E-state index contributed by atoms with van der Waals surface area (Å²) < 4.78 is 5.86. The van der Waals surface area contributed by atoms with Gasteiger partial charge in [0.25, 0.3) is 5.56 Å². The number of carbonyl (C=O) groups is 1. The van der Waals surface area contributed by atoms with Gasteiger partial charge in [-0.25, -0.2) is 4.79 Å². The largest absolute Gasteiger partial charge is 0.494 e. The minimum absolute atomic E-state index is 0.113. The maximum absolute atomic E-state index is 12.5. The van der Waals surface area contributed by atoms with E-state index in [2.05, 4.69) is 9.97 Å². The molecule has 0 aliphatic heterocycles. The molecule has 8 nitrogen and oxygen atoms in total. The van der Waals surface area contributed by atoms with E-state index in [-0.39, 0.29) is 6.54 Å². The van der Waals surface area contributed by atoms with Crippen molar-refractivity contribution in [3.05, 3.63) is 68.5 Å². The number of aromatic nitrogens is 3. The van der Waals surface area contributed by atoms with Gasteiger partial charge < -0.3 is 14.8 Å². The van der Waals surface area contributed by atoms with Crippen molar-refractivity contribution in [3.8, 4) is 5.88 Å². The zero-order chi connectivity index (χ0) is 19.4. The highest BCUT2D eigenvalue weighted by atomic mass is 16.5. The van der Waals surface area contributed by atoms with Crippen molar-refractivity contribution in [3.63, 3.8) is 0 Å². The number of hydrogen-bond donors (Lipinski definition) is 3. The van der Waals surface area contributed by atoms with Gasteiger partial charge in [0.2, 0.25) is 5.88 Å². The Morgan fingerprint density at radius 2 is 2.07 bits per heavy atom. The number of nitrogens with zero attached hydrogens (tertiary/aromatic N) is 1. The molecule has 0 bridgehead atoms. The van der Waals surface area contributed by atoms with Gasteiger partial charge in [-0.2, -0.15) is 0 Å². The number of aromatic hydroxyl groups is 1. The van der Waals surface area contributed by atoms with Gasteiger partial charge in [0.1, 0.15) is 5.56 Å². The lowest BCUT2D eigenvalue weighted by atomic mass is 10.1. The summed E-state index contributed by atoms with van der Waals surface area (Å²) in [5, 5.41) is 11.2. The van der Waals surface area contributed by atoms with Crippen LogP contribution in [0.15, 0.2) is 46.1 Å². The molecule has 0 amide bonds. The first-order valence-electron chi connectivity index (χ1n) is 8.36. The Kier molecular flexibility index (Phi) is 5.37. The lowest BCUT2D eigenvalue weighted by Crippen LogP contribution is -2.33. The highest BCUT2D eigenvalue weighted by Gasteiger charge is 2.19. The second kappa shape index (κ2) is 7.88. The van der Waals surface area contributed by atoms with Crippen molar-refractivity contribution >= 4 is 22.8 Å². The number of fused-ring (bicyclic) bond motifs is 1. The summed E-state index contributed by atoms with van der Waals surface area (Å²) in [6, 6.07) is 7.57. The van der Waals surface area contributed by atoms with Crippen molar-refractivity contribution < 1.29 is 14.6 Å². The highest BCUT2D eigenvalue weighted by molar-refractivity contribution is 6.08. The number of nitrogens with one attached hydrogen (secondary N) is 2.